The number of rotatable bonds is 8. The molecule has 0 saturated carbocycles. The molecule has 118 valence electrons. The molecular formula is C17H27NO2S. The average molecular weight is 309 g/mol. The smallest absolute Gasteiger partial charge is 0.0691 e. The first-order valence-electron chi connectivity index (χ1n) is 8.01. The lowest BCUT2D eigenvalue weighted by Crippen LogP contribution is -2.28. The fourth-order valence-electron chi connectivity index (χ4n) is 2.74. The highest BCUT2D eigenvalue weighted by molar-refractivity contribution is 7.85. The summed E-state index contributed by atoms with van der Waals surface area (Å²) < 4.78 is 18.0. The topological polar surface area (TPSA) is 38.3 Å². The van der Waals surface area contributed by atoms with Crippen LogP contribution >= 0.6 is 0 Å². The summed E-state index contributed by atoms with van der Waals surface area (Å²) in [5, 5.41) is 3.46. The van der Waals surface area contributed by atoms with Crippen molar-refractivity contribution in [3.05, 3.63) is 35.4 Å². The predicted molar refractivity (Wildman–Crippen MR) is 89.1 cm³/mol. The third kappa shape index (κ3) is 5.20. The third-order valence-electron chi connectivity index (χ3n) is 3.99. The van der Waals surface area contributed by atoms with Gasteiger partial charge in [-0.25, -0.2) is 0 Å². The van der Waals surface area contributed by atoms with Gasteiger partial charge in [0.1, 0.15) is 0 Å². The monoisotopic (exact) mass is 309 g/mol. The quantitative estimate of drug-likeness (QED) is 0.802. The summed E-state index contributed by atoms with van der Waals surface area (Å²) in [5.41, 5.74) is 2.57. The van der Waals surface area contributed by atoms with E-state index in [4.69, 9.17) is 4.74 Å². The van der Waals surface area contributed by atoms with Gasteiger partial charge in [0, 0.05) is 35.0 Å². The molecule has 1 saturated heterocycles. The van der Waals surface area contributed by atoms with Crippen LogP contribution in [0.3, 0.4) is 0 Å². The normalized spacial score (nSPS) is 21.3. The fraction of sp³-hybridized carbons (Fsp3) is 0.647. The highest BCUT2D eigenvalue weighted by Crippen LogP contribution is 2.18. The van der Waals surface area contributed by atoms with E-state index in [0.29, 0.717) is 11.5 Å². The van der Waals surface area contributed by atoms with Gasteiger partial charge in [0.25, 0.3) is 0 Å². The number of hydrogen-bond acceptors (Lipinski definition) is 3. The van der Waals surface area contributed by atoms with Gasteiger partial charge in [0.05, 0.1) is 6.10 Å². The molecule has 3 nitrogen and oxygen atoms in total. The van der Waals surface area contributed by atoms with Crippen molar-refractivity contribution in [1.29, 1.82) is 0 Å². The molecule has 1 aliphatic rings. The SMILES string of the molecule is CCNC(CS(=O)CC1CCCO1)c1ccc(CC)cc1. The van der Waals surface area contributed by atoms with Crippen LogP contribution in [0, 0.1) is 0 Å². The summed E-state index contributed by atoms with van der Waals surface area (Å²) in [6, 6.07) is 8.83. The standard InChI is InChI=1S/C17H27NO2S/c1-3-14-7-9-15(10-8-14)17(18-4-2)13-21(19)12-16-6-5-11-20-16/h7-10,16-18H,3-6,11-13H2,1-2H3. The number of benzene rings is 1. The second-order valence-corrected chi connectivity index (χ2v) is 7.16. The lowest BCUT2D eigenvalue weighted by molar-refractivity contribution is 0.128. The molecule has 1 aliphatic heterocycles. The molecular weight excluding hydrogens is 282 g/mol. The van der Waals surface area contributed by atoms with Gasteiger partial charge in [-0.15, -0.1) is 0 Å². The van der Waals surface area contributed by atoms with Crippen LogP contribution < -0.4 is 5.32 Å². The molecule has 1 fully saturated rings. The summed E-state index contributed by atoms with van der Waals surface area (Å²) in [5.74, 6) is 1.34. The molecule has 0 aromatic heterocycles. The minimum absolute atomic E-state index is 0.170. The molecule has 4 heteroatoms. The Kier molecular flexibility index (Phi) is 6.87. The van der Waals surface area contributed by atoms with E-state index in [1.165, 1.54) is 11.1 Å². The Morgan fingerprint density at radius 1 is 1.33 bits per heavy atom. The maximum absolute atomic E-state index is 12.4. The molecule has 0 aliphatic carbocycles. The van der Waals surface area contributed by atoms with Gasteiger partial charge in [0.15, 0.2) is 0 Å². The van der Waals surface area contributed by atoms with Gasteiger partial charge in [0.2, 0.25) is 0 Å². The van der Waals surface area contributed by atoms with E-state index >= 15 is 0 Å². The van der Waals surface area contributed by atoms with Crippen molar-refractivity contribution in [2.75, 3.05) is 24.7 Å². The Morgan fingerprint density at radius 2 is 2.10 bits per heavy atom. The van der Waals surface area contributed by atoms with Crippen LogP contribution in [0.15, 0.2) is 24.3 Å². The Balaban J connectivity index is 1.94. The van der Waals surface area contributed by atoms with E-state index in [9.17, 15) is 4.21 Å². The minimum atomic E-state index is -0.837. The summed E-state index contributed by atoms with van der Waals surface area (Å²) >= 11 is 0. The highest BCUT2D eigenvalue weighted by atomic mass is 32.2. The molecule has 0 bridgehead atoms. The van der Waals surface area contributed by atoms with Crippen LogP contribution in [-0.4, -0.2) is 35.0 Å². The van der Waals surface area contributed by atoms with Gasteiger partial charge in [-0.1, -0.05) is 38.1 Å². The van der Waals surface area contributed by atoms with Crippen molar-refractivity contribution in [2.45, 2.75) is 45.3 Å². The zero-order valence-electron chi connectivity index (χ0n) is 13.1. The van der Waals surface area contributed by atoms with Gasteiger partial charge >= 0.3 is 0 Å². The fourth-order valence-corrected chi connectivity index (χ4v) is 4.24. The van der Waals surface area contributed by atoms with Gasteiger partial charge in [-0.05, 0) is 36.9 Å². The van der Waals surface area contributed by atoms with Crippen LogP contribution in [0.1, 0.15) is 43.9 Å². The maximum Gasteiger partial charge on any atom is 0.0691 e. The van der Waals surface area contributed by atoms with Gasteiger partial charge < -0.3 is 10.1 Å². The zero-order chi connectivity index (χ0) is 15.1. The van der Waals surface area contributed by atoms with E-state index in [1.54, 1.807) is 0 Å². The van der Waals surface area contributed by atoms with Crippen molar-refractivity contribution in [1.82, 2.24) is 5.32 Å². The summed E-state index contributed by atoms with van der Waals surface area (Å²) in [7, 11) is -0.837. The summed E-state index contributed by atoms with van der Waals surface area (Å²) in [6.45, 7) is 5.97. The van der Waals surface area contributed by atoms with E-state index in [2.05, 4.69) is 43.4 Å². The van der Waals surface area contributed by atoms with E-state index in [0.717, 1.165) is 32.4 Å². The van der Waals surface area contributed by atoms with Gasteiger partial charge in [-0.2, -0.15) is 0 Å². The Bertz CT molecular complexity index is 441. The number of ether oxygens (including phenoxy) is 1. The van der Waals surface area contributed by atoms with Crippen LogP contribution in [0.4, 0.5) is 0 Å². The third-order valence-corrected chi connectivity index (χ3v) is 5.44. The molecule has 0 spiro atoms. The number of aryl methyl sites for hydroxylation is 1. The largest absolute Gasteiger partial charge is 0.377 e. The number of nitrogens with one attached hydrogen (secondary N) is 1. The highest BCUT2D eigenvalue weighted by Gasteiger charge is 2.21. The summed E-state index contributed by atoms with van der Waals surface area (Å²) in [6.07, 6.45) is 3.42. The molecule has 1 N–H and O–H groups in total. The summed E-state index contributed by atoms with van der Waals surface area (Å²) in [4.78, 5) is 0. The maximum atomic E-state index is 12.4. The Morgan fingerprint density at radius 3 is 2.67 bits per heavy atom. The van der Waals surface area contributed by atoms with Crippen molar-refractivity contribution in [3.63, 3.8) is 0 Å². The first kappa shape index (κ1) is 16.7. The Labute approximate surface area is 130 Å². The molecule has 1 aromatic rings. The lowest BCUT2D eigenvalue weighted by atomic mass is 10.1. The van der Waals surface area contributed by atoms with Crippen LogP contribution in [0.25, 0.3) is 0 Å². The molecule has 0 radical (unpaired) electrons. The van der Waals surface area contributed by atoms with Gasteiger partial charge in [-0.3, -0.25) is 4.21 Å². The predicted octanol–water partition coefficient (Wildman–Crippen LogP) is 2.83. The first-order chi connectivity index (χ1) is 10.2. The second-order valence-electron chi connectivity index (χ2n) is 5.61. The van der Waals surface area contributed by atoms with Crippen molar-refractivity contribution in [3.8, 4) is 0 Å². The zero-order valence-corrected chi connectivity index (χ0v) is 14.0. The molecule has 2 rings (SSSR count). The van der Waals surface area contributed by atoms with E-state index in [1.807, 2.05) is 0 Å². The van der Waals surface area contributed by atoms with Crippen LogP contribution in [0.2, 0.25) is 0 Å². The van der Waals surface area contributed by atoms with E-state index < -0.39 is 10.8 Å². The average Bonchev–Trinajstić information content (AvgIpc) is 3.00. The molecule has 21 heavy (non-hydrogen) atoms. The second kappa shape index (κ2) is 8.66. The van der Waals surface area contributed by atoms with Crippen LogP contribution in [-0.2, 0) is 22.0 Å². The van der Waals surface area contributed by atoms with E-state index in [-0.39, 0.29) is 12.1 Å². The van der Waals surface area contributed by atoms with Crippen molar-refractivity contribution in [2.24, 2.45) is 0 Å². The lowest BCUT2D eigenvalue weighted by Gasteiger charge is -2.19. The molecule has 1 aromatic carbocycles. The van der Waals surface area contributed by atoms with Crippen molar-refractivity contribution < 1.29 is 8.95 Å². The van der Waals surface area contributed by atoms with Crippen molar-refractivity contribution >= 4 is 10.8 Å². The molecule has 3 unspecified atom stereocenters. The minimum Gasteiger partial charge on any atom is -0.377 e. The first-order valence-corrected chi connectivity index (χ1v) is 9.50. The molecule has 0 amide bonds. The Hall–Kier alpha value is -0.710. The van der Waals surface area contributed by atoms with Crippen LogP contribution in [0.5, 0.6) is 0 Å². The molecule has 1 heterocycles. The number of hydrogen-bond donors (Lipinski definition) is 1. The molecule has 3 atom stereocenters.